The standard InChI is InChI=1S/C21H27FN4O/c22-19-12-18(26-7-5-24-6-8-26)4-2-15(19)9-14(13-23)10-20(27)21-16-1-3-17(11-16)25-21/h2,4,12,14,16-17,21,24-25H,1,3,5-11H2/t14-,16+,17-,21+/m1/s1. The van der Waals surface area contributed by atoms with Crippen molar-refractivity contribution in [3.8, 4) is 6.07 Å². The Morgan fingerprint density at radius 3 is 2.78 bits per heavy atom. The van der Waals surface area contributed by atoms with E-state index < -0.39 is 5.92 Å². The van der Waals surface area contributed by atoms with Crippen LogP contribution in [0.1, 0.15) is 31.2 Å². The van der Waals surface area contributed by atoms with E-state index in [1.54, 1.807) is 12.1 Å². The summed E-state index contributed by atoms with van der Waals surface area (Å²) in [6, 6.07) is 7.86. The number of piperazine rings is 1. The monoisotopic (exact) mass is 370 g/mol. The molecule has 2 saturated heterocycles. The average Bonchev–Trinajstić information content (AvgIpc) is 3.33. The lowest BCUT2D eigenvalue weighted by molar-refractivity contribution is -0.122. The Morgan fingerprint density at radius 1 is 1.33 bits per heavy atom. The third kappa shape index (κ3) is 3.99. The van der Waals surface area contributed by atoms with Crippen LogP contribution in [0, 0.1) is 29.0 Å². The number of fused-ring (bicyclic) bond motifs is 2. The Morgan fingerprint density at radius 2 is 2.15 bits per heavy atom. The fraction of sp³-hybridized carbons (Fsp3) is 0.619. The molecule has 5 nitrogen and oxygen atoms in total. The maximum absolute atomic E-state index is 14.6. The predicted molar refractivity (Wildman–Crippen MR) is 102 cm³/mol. The van der Waals surface area contributed by atoms with Crippen molar-refractivity contribution in [2.75, 3.05) is 31.1 Å². The van der Waals surface area contributed by atoms with E-state index in [9.17, 15) is 14.4 Å². The van der Waals surface area contributed by atoms with Gasteiger partial charge in [0.1, 0.15) is 5.82 Å². The molecule has 0 spiro atoms. The number of halogens is 1. The van der Waals surface area contributed by atoms with E-state index in [-0.39, 0.29) is 30.5 Å². The maximum Gasteiger partial charge on any atom is 0.151 e. The maximum atomic E-state index is 14.6. The highest BCUT2D eigenvalue weighted by atomic mass is 19.1. The number of ketones is 1. The van der Waals surface area contributed by atoms with Gasteiger partial charge in [0.05, 0.1) is 18.0 Å². The zero-order valence-electron chi connectivity index (χ0n) is 15.6. The molecule has 2 heterocycles. The molecule has 2 N–H and O–H groups in total. The van der Waals surface area contributed by atoms with Crippen molar-refractivity contribution in [3.05, 3.63) is 29.6 Å². The molecule has 0 aromatic heterocycles. The quantitative estimate of drug-likeness (QED) is 0.802. The van der Waals surface area contributed by atoms with E-state index in [2.05, 4.69) is 21.6 Å². The molecule has 4 rings (SSSR count). The summed E-state index contributed by atoms with van der Waals surface area (Å²) in [4.78, 5) is 14.8. The summed E-state index contributed by atoms with van der Waals surface area (Å²) >= 11 is 0. The molecular formula is C21H27FN4O. The number of carbonyl (C=O) groups is 1. The van der Waals surface area contributed by atoms with Crippen molar-refractivity contribution >= 4 is 11.5 Å². The highest BCUT2D eigenvalue weighted by Crippen LogP contribution is 2.36. The minimum absolute atomic E-state index is 0.0977. The number of nitriles is 1. The molecule has 1 aromatic carbocycles. The van der Waals surface area contributed by atoms with Gasteiger partial charge in [-0.3, -0.25) is 4.79 Å². The molecule has 1 aliphatic carbocycles. The summed E-state index contributed by atoms with van der Waals surface area (Å²) in [5.74, 6) is -0.210. The van der Waals surface area contributed by atoms with Crippen LogP contribution in [0.3, 0.4) is 0 Å². The average molecular weight is 370 g/mol. The van der Waals surface area contributed by atoms with E-state index in [1.807, 2.05) is 6.07 Å². The van der Waals surface area contributed by atoms with Gasteiger partial charge in [-0.2, -0.15) is 5.26 Å². The molecule has 2 bridgehead atoms. The Labute approximate surface area is 159 Å². The smallest absolute Gasteiger partial charge is 0.151 e. The molecule has 4 atom stereocenters. The second-order valence-electron chi connectivity index (χ2n) is 8.13. The van der Waals surface area contributed by atoms with E-state index in [0.29, 0.717) is 17.5 Å². The molecule has 0 amide bonds. The van der Waals surface area contributed by atoms with Crippen LogP contribution in [-0.4, -0.2) is 44.0 Å². The fourth-order valence-corrected chi connectivity index (χ4v) is 4.84. The van der Waals surface area contributed by atoms with E-state index in [1.165, 1.54) is 0 Å². The predicted octanol–water partition coefficient (Wildman–Crippen LogP) is 2.02. The van der Waals surface area contributed by atoms with Crippen LogP contribution in [0.5, 0.6) is 0 Å². The lowest BCUT2D eigenvalue weighted by atomic mass is 9.88. The first kappa shape index (κ1) is 18.4. The van der Waals surface area contributed by atoms with E-state index in [0.717, 1.165) is 51.1 Å². The molecule has 0 unspecified atom stereocenters. The van der Waals surface area contributed by atoms with Gasteiger partial charge in [0, 0.05) is 44.3 Å². The summed E-state index contributed by atoms with van der Waals surface area (Å²) in [5, 5.41) is 16.2. The Hall–Kier alpha value is -1.97. The number of rotatable bonds is 6. The van der Waals surface area contributed by atoms with Crippen molar-refractivity contribution in [2.45, 2.75) is 44.2 Å². The van der Waals surface area contributed by atoms with Crippen molar-refractivity contribution in [2.24, 2.45) is 11.8 Å². The number of carbonyl (C=O) groups excluding carboxylic acids is 1. The third-order valence-electron chi connectivity index (χ3n) is 6.32. The lowest BCUT2D eigenvalue weighted by Crippen LogP contribution is -2.43. The minimum atomic E-state index is -0.474. The number of nitrogens with zero attached hydrogens (tertiary/aromatic N) is 2. The summed E-state index contributed by atoms with van der Waals surface area (Å²) in [5.41, 5.74) is 1.41. The topological polar surface area (TPSA) is 68.2 Å². The van der Waals surface area contributed by atoms with Gasteiger partial charge in [-0.25, -0.2) is 4.39 Å². The van der Waals surface area contributed by atoms with Crippen molar-refractivity contribution in [1.82, 2.24) is 10.6 Å². The molecule has 2 aliphatic heterocycles. The van der Waals surface area contributed by atoms with Crippen LogP contribution in [0.4, 0.5) is 10.1 Å². The van der Waals surface area contributed by atoms with Crippen LogP contribution < -0.4 is 15.5 Å². The SMILES string of the molecule is N#C[C@@H](CC(=O)[C@H]1N[C@@H]2CC[C@H]1C2)Cc1ccc(N2CCNCC2)cc1F. The Bertz CT molecular complexity index is 740. The van der Waals surface area contributed by atoms with Crippen molar-refractivity contribution in [1.29, 1.82) is 5.26 Å². The first-order valence-corrected chi connectivity index (χ1v) is 10.1. The summed E-state index contributed by atoms with van der Waals surface area (Å²) in [7, 11) is 0. The molecule has 3 fully saturated rings. The Balaban J connectivity index is 1.38. The van der Waals surface area contributed by atoms with Gasteiger partial charge in [-0.05, 0) is 49.3 Å². The van der Waals surface area contributed by atoms with Gasteiger partial charge in [0.2, 0.25) is 0 Å². The molecule has 3 aliphatic rings. The number of piperidine rings is 1. The fourth-order valence-electron chi connectivity index (χ4n) is 4.84. The molecule has 1 aromatic rings. The Kier molecular flexibility index (Phi) is 5.42. The highest BCUT2D eigenvalue weighted by molar-refractivity contribution is 5.85. The van der Waals surface area contributed by atoms with Crippen LogP contribution >= 0.6 is 0 Å². The van der Waals surface area contributed by atoms with Crippen molar-refractivity contribution < 1.29 is 9.18 Å². The molecule has 144 valence electrons. The number of benzene rings is 1. The number of hydrogen-bond donors (Lipinski definition) is 2. The molecule has 6 heteroatoms. The third-order valence-corrected chi connectivity index (χ3v) is 6.32. The zero-order chi connectivity index (χ0) is 18.8. The minimum Gasteiger partial charge on any atom is -0.369 e. The number of nitrogens with one attached hydrogen (secondary N) is 2. The molecular weight excluding hydrogens is 343 g/mol. The molecule has 1 saturated carbocycles. The highest BCUT2D eigenvalue weighted by Gasteiger charge is 2.42. The van der Waals surface area contributed by atoms with Gasteiger partial charge in [-0.1, -0.05) is 6.07 Å². The zero-order valence-corrected chi connectivity index (χ0v) is 15.6. The molecule has 0 radical (unpaired) electrons. The van der Waals surface area contributed by atoms with Crippen LogP contribution in [0.15, 0.2) is 18.2 Å². The lowest BCUT2D eigenvalue weighted by Gasteiger charge is -2.29. The van der Waals surface area contributed by atoms with E-state index >= 15 is 0 Å². The first-order valence-electron chi connectivity index (χ1n) is 10.1. The van der Waals surface area contributed by atoms with Gasteiger partial charge in [-0.15, -0.1) is 0 Å². The van der Waals surface area contributed by atoms with Crippen LogP contribution in [0.2, 0.25) is 0 Å². The van der Waals surface area contributed by atoms with Gasteiger partial charge in [0.25, 0.3) is 0 Å². The summed E-state index contributed by atoms with van der Waals surface area (Å²) in [6.07, 6.45) is 3.83. The normalized spacial score (nSPS) is 28.1. The second-order valence-corrected chi connectivity index (χ2v) is 8.13. The van der Waals surface area contributed by atoms with Gasteiger partial charge >= 0.3 is 0 Å². The van der Waals surface area contributed by atoms with E-state index in [4.69, 9.17) is 0 Å². The summed E-state index contributed by atoms with van der Waals surface area (Å²) < 4.78 is 14.6. The number of hydrogen-bond acceptors (Lipinski definition) is 5. The van der Waals surface area contributed by atoms with Crippen LogP contribution in [0.25, 0.3) is 0 Å². The summed E-state index contributed by atoms with van der Waals surface area (Å²) in [6.45, 7) is 3.54. The number of Topliss-reactive ketones (excluding diaryl/α,β-unsaturated/α-hetero) is 1. The van der Waals surface area contributed by atoms with Crippen LogP contribution in [-0.2, 0) is 11.2 Å². The largest absolute Gasteiger partial charge is 0.369 e. The van der Waals surface area contributed by atoms with Crippen molar-refractivity contribution in [3.63, 3.8) is 0 Å². The van der Waals surface area contributed by atoms with Gasteiger partial charge < -0.3 is 15.5 Å². The molecule has 27 heavy (non-hydrogen) atoms. The first-order chi connectivity index (χ1) is 13.1. The second kappa shape index (κ2) is 7.95. The van der Waals surface area contributed by atoms with Gasteiger partial charge in [0.15, 0.2) is 5.78 Å². The number of anilines is 1.